The maximum atomic E-state index is 11.9. The number of halogens is 2. The van der Waals surface area contributed by atoms with Crippen LogP contribution >= 0.6 is 23.2 Å². The molecule has 0 unspecified atom stereocenters. The Morgan fingerprint density at radius 1 is 1.08 bits per heavy atom. The van der Waals surface area contributed by atoms with Gasteiger partial charge in [-0.25, -0.2) is 0 Å². The van der Waals surface area contributed by atoms with Crippen molar-refractivity contribution in [2.24, 2.45) is 0 Å². The van der Waals surface area contributed by atoms with Crippen molar-refractivity contribution >= 4 is 29.2 Å². The van der Waals surface area contributed by atoms with Gasteiger partial charge >= 0.3 is 5.97 Å². The highest BCUT2D eigenvalue weighted by atomic mass is 35.5. The summed E-state index contributed by atoms with van der Waals surface area (Å²) in [6, 6.07) is 14.3. The average Bonchev–Trinajstić information content (AvgIpc) is 3.05. The lowest BCUT2D eigenvalue weighted by atomic mass is 10.1. The van der Waals surface area contributed by atoms with E-state index in [4.69, 9.17) is 32.4 Å². The van der Waals surface area contributed by atoms with Crippen LogP contribution in [0.5, 0.6) is 0 Å². The fourth-order valence-electron chi connectivity index (χ4n) is 2.02. The molecule has 2 aromatic carbocycles. The first-order valence-corrected chi connectivity index (χ1v) is 7.85. The number of carbonyl (C=O) groups is 1. The lowest BCUT2D eigenvalue weighted by molar-refractivity contribution is -0.144. The molecule has 0 radical (unpaired) electrons. The summed E-state index contributed by atoms with van der Waals surface area (Å²) < 4.78 is 10.6. The van der Waals surface area contributed by atoms with Crippen LogP contribution in [0.1, 0.15) is 11.5 Å². The van der Waals surface area contributed by atoms with Gasteiger partial charge in [0.15, 0.2) is 6.61 Å². The molecule has 24 heavy (non-hydrogen) atoms. The molecule has 0 aliphatic heterocycles. The molecule has 122 valence electrons. The van der Waals surface area contributed by atoms with Gasteiger partial charge in [-0.2, -0.15) is 0 Å². The number of ether oxygens (including phenoxy) is 1. The van der Waals surface area contributed by atoms with Crippen molar-refractivity contribution in [3.05, 3.63) is 70.0 Å². The Balaban J connectivity index is 1.58. The molecule has 1 aromatic heterocycles. The predicted octanol–water partition coefficient (Wildman–Crippen LogP) is 4.33. The molecule has 3 rings (SSSR count). The minimum Gasteiger partial charge on any atom is -0.455 e. The number of benzene rings is 2. The molecule has 0 aliphatic rings. The zero-order valence-electron chi connectivity index (χ0n) is 12.4. The van der Waals surface area contributed by atoms with E-state index in [0.29, 0.717) is 21.5 Å². The molecule has 0 aliphatic carbocycles. The van der Waals surface area contributed by atoms with Crippen LogP contribution in [0.15, 0.2) is 52.9 Å². The quantitative estimate of drug-likeness (QED) is 0.632. The monoisotopic (exact) mass is 362 g/mol. The molecule has 0 amide bonds. The third-order valence-electron chi connectivity index (χ3n) is 3.19. The first-order chi connectivity index (χ1) is 11.6. The molecule has 0 bridgehead atoms. The number of nitrogens with zero attached hydrogens (tertiary/aromatic N) is 2. The Kier molecular flexibility index (Phi) is 5.13. The fraction of sp³-hybridized carbons (Fsp3) is 0.118. The summed E-state index contributed by atoms with van der Waals surface area (Å²) in [5.41, 5.74) is 1.44. The molecule has 0 atom stereocenters. The summed E-state index contributed by atoms with van der Waals surface area (Å²) in [6.07, 6.45) is 0.0374. The standard InChI is InChI=1S/C17H12Cl2N2O3/c18-13-7-6-12(14(19)9-13)8-16(22)23-10-15-20-21-17(24-15)11-4-2-1-3-5-11/h1-7,9H,8,10H2. The lowest BCUT2D eigenvalue weighted by Crippen LogP contribution is -2.08. The topological polar surface area (TPSA) is 65.2 Å². The number of esters is 1. The average molecular weight is 363 g/mol. The molecule has 0 saturated carbocycles. The second kappa shape index (κ2) is 7.47. The molecule has 0 spiro atoms. The van der Waals surface area contributed by atoms with Gasteiger partial charge in [0, 0.05) is 15.6 Å². The Morgan fingerprint density at radius 2 is 1.88 bits per heavy atom. The van der Waals surface area contributed by atoms with Gasteiger partial charge < -0.3 is 9.15 Å². The van der Waals surface area contributed by atoms with Crippen LogP contribution in [0.4, 0.5) is 0 Å². The number of hydrogen-bond donors (Lipinski definition) is 0. The smallest absolute Gasteiger partial charge is 0.310 e. The number of rotatable bonds is 5. The van der Waals surface area contributed by atoms with Gasteiger partial charge in [0.2, 0.25) is 5.89 Å². The van der Waals surface area contributed by atoms with Crippen LogP contribution < -0.4 is 0 Å². The van der Waals surface area contributed by atoms with Gasteiger partial charge in [-0.15, -0.1) is 10.2 Å². The van der Waals surface area contributed by atoms with E-state index < -0.39 is 5.97 Å². The maximum Gasteiger partial charge on any atom is 0.310 e. The van der Waals surface area contributed by atoms with Gasteiger partial charge in [-0.1, -0.05) is 47.5 Å². The molecule has 5 nitrogen and oxygen atoms in total. The van der Waals surface area contributed by atoms with Gasteiger partial charge in [-0.3, -0.25) is 4.79 Å². The van der Waals surface area contributed by atoms with Crippen molar-refractivity contribution < 1.29 is 13.9 Å². The summed E-state index contributed by atoms with van der Waals surface area (Å²) in [5.74, 6) is 0.158. The van der Waals surface area contributed by atoms with Crippen LogP contribution in [0, 0.1) is 0 Å². The van der Waals surface area contributed by atoms with E-state index in [1.165, 1.54) is 0 Å². The predicted molar refractivity (Wildman–Crippen MR) is 89.7 cm³/mol. The third-order valence-corrected chi connectivity index (χ3v) is 3.78. The van der Waals surface area contributed by atoms with Crippen molar-refractivity contribution in [3.63, 3.8) is 0 Å². The van der Waals surface area contributed by atoms with Crippen LogP contribution in [-0.4, -0.2) is 16.2 Å². The van der Waals surface area contributed by atoms with Gasteiger partial charge in [0.25, 0.3) is 5.89 Å². The second-order valence-electron chi connectivity index (χ2n) is 4.94. The third kappa shape index (κ3) is 4.13. The van der Waals surface area contributed by atoms with E-state index >= 15 is 0 Å². The van der Waals surface area contributed by atoms with E-state index in [9.17, 15) is 4.79 Å². The Hall–Kier alpha value is -2.37. The summed E-state index contributed by atoms with van der Waals surface area (Å²) in [7, 11) is 0. The highest BCUT2D eigenvalue weighted by Crippen LogP contribution is 2.22. The Bertz CT molecular complexity index is 850. The first kappa shape index (κ1) is 16.5. The Morgan fingerprint density at radius 3 is 2.62 bits per heavy atom. The largest absolute Gasteiger partial charge is 0.455 e. The minimum absolute atomic E-state index is 0.0374. The van der Waals surface area contributed by atoms with E-state index in [-0.39, 0.29) is 18.9 Å². The van der Waals surface area contributed by atoms with Gasteiger partial charge in [0.05, 0.1) is 6.42 Å². The van der Waals surface area contributed by atoms with Gasteiger partial charge in [0.1, 0.15) is 0 Å². The van der Waals surface area contributed by atoms with Crippen molar-refractivity contribution in [1.29, 1.82) is 0 Å². The molecular weight excluding hydrogens is 351 g/mol. The van der Waals surface area contributed by atoms with E-state index in [1.807, 2.05) is 30.3 Å². The van der Waals surface area contributed by atoms with E-state index in [2.05, 4.69) is 10.2 Å². The van der Waals surface area contributed by atoms with Crippen LogP contribution in [-0.2, 0) is 22.6 Å². The van der Waals surface area contributed by atoms with Crippen molar-refractivity contribution in [2.75, 3.05) is 0 Å². The highest BCUT2D eigenvalue weighted by molar-refractivity contribution is 6.35. The molecule has 1 heterocycles. The fourth-order valence-corrected chi connectivity index (χ4v) is 2.50. The molecular formula is C17H12Cl2N2O3. The zero-order chi connectivity index (χ0) is 16.9. The normalized spacial score (nSPS) is 10.6. The number of hydrogen-bond acceptors (Lipinski definition) is 5. The first-order valence-electron chi connectivity index (χ1n) is 7.09. The zero-order valence-corrected chi connectivity index (χ0v) is 13.9. The number of aromatic nitrogens is 2. The Labute approximate surface area is 148 Å². The van der Waals surface area contributed by atoms with Gasteiger partial charge in [-0.05, 0) is 29.8 Å². The van der Waals surface area contributed by atoms with Crippen molar-refractivity contribution in [1.82, 2.24) is 10.2 Å². The van der Waals surface area contributed by atoms with E-state index in [1.54, 1.807) is 18.2 Å². The molecule has 7 heteroatoms. The lowest BCUT2D eigenvalue weighted by Gasteiger charge is -2.04. The van der Waals surface area contributed by atoms with Crippen LogP contribution in [0.25, 0.3) is 11.5 Å². The summed E-state index contributed by atoms with van der Waals surface area (Å²) >= 11 is 11.8. The minimum atomic E-state index is -0.446. The summed E-state index contributed by atoms with van der Waals surface area (Å²) in [5, 5.41) is 8.72. The summed E-state index contributed by atoms with van der Waals surface area (Å²) in [4.78, 5) is 11.9. The molecule has 0 saturated heterocycles. The SMILES string of the molecule is O=C(Cc1ccc(Cl)cc1Cl)OCc1nnc(-c2ccccc2)o1. The molecule has 3 aromatic rings. The molecule has 0 N–H and O–H groups in total. The number of carbonyl (C=O) groups excluding carboxylic acids is 1. The van der Waals surface area contributed by atoms with Crippen LogP contribution in [0.3, 0.4) is 0 Å². The second-order valence-corrected chi connectivity index (χ2v) is 5.78. The van der Waals surface area contributed by atoms with Crippen LogP contribution in [0.2, 0.25) is 10.0 Å². The van der Waals surface area contributed by atoms with E-state index in [0.717, 1.165) is 5.56 Å². The van der Waals surface area contributed by atoms with Crippen molar-refractivity contribution in [3.8, 4) is 11.5 Å². The molecule has 0 fully saturated rings. The summed E-state index contributed by atoms with van der Waals surface area (Å²) in [6.45, 7) is -0.0934. The van der Waals surface area contributed by atoms with Crippen molar-refractivity contribution in [2.45, 2.75) is 13.0 Å². The highest BCUT2D eigenvalue weighted by Gasteiger charge is 2.12. The maximum absolute atomic E-state index is 11.9.